The van der Waals surface area contributed by atoms with Gasteiger partial charge in [0.1, 0.15) is 11.1 Å². The van der Waals surface area contributed by atoms with Crippen molar-refractivity contribution in [1.29, 1.82) is 10.5 Å². The largest absolute Gasteiger partial charge is 0.479 e. The maximum Gasteiger partial charge on any atom is 0.335 e. The van der Waals surface area contributed by atoms with Crippen LogP contribution in [-0.4, -0.2) is 55.7 Å². The molecular formula is C28H32Br2N4O6. The van der Waals surface area contributed by atoms with Crippen LogP contribution in [0.4, 0.5) is 0 Å². The van der Waals surface area contributed by atoms with E-state index in [0.717, 1.165) is 47.5 Å². The molecule has 8 N–H and O–H groups in total. The van der Waals surface area contributed by atoms with Gasteiger partial charge >= 0.3 is 11.9 Å². The minimum absolute atomic E-state index is 0.447. The van der Waals surface area contributed by atoms with E-state index >= 15 is 0 Å². The van der Waals surface area contributed by atoms with E-state index in [1.54, 1.807) is 0 Å². The molecule has 0 radical (unpaired) electrons. The lowest BCUT2D eigenvalue weighted by atomic mass is 9.94. The van der Waals surface area contributed by atoms with Crippen LogP contribution in [0, 0.1) is 22.7 Å². The lowest BCUT2D eigenvalue weighted by molar-refractivity contribution is -0.165. The van der Waals surface area contributed by atoms with Crippen LogP contribution in [-0.2, 0) is 9.59 Å². The average Bonchev–Trinajstić information content (AvgIpc) is 3.53. The van der Waals surface area contributed by atoms with Gasteiger partial charge < -0.3 is 31.9 Å². The van der Waals surface area contributed by atoms with Gasteiger partial charge in [0.05, 0.1) is 12.1 Å². The Morgan fingerprint density at radius 3 is 1.27 bits per heavy atom. The number of nitriles is 2. The van der Waals surface area contributed by atoms with Crippen molar-refractivity contribution in [3.8, 4) is 12.1 Å². The van der Waals surface area contributed by atoms with Gasteiger partial charge in [0.2, 0.25) is 0 Å². The second-order valence-electron chi connectivity index (χ2n) is 10.1. The van der Waals surface area contributed by atoms with Gasteiger partial charge in [-0.2, -0.15) is 10.5 Å². The molecule has 2 fully saturated rings. The van der Waals surface area contributed by atoms with Gasteiger partial charge in [0.15, 0.2) is 12.2 Å². The lowest BCUT2D eigenvalue weighted by Crippen LogP contribution is -2.39. The van der Waals surface area contributed by atoms with Gasteiger partial charge in [0, 0.05) is 8.95 Å². The molecule has 40 heavy (non-hydrogen) atoms. The summed E-state index contributed by atoms with van der Waals surface area (Å²) in [5.41, 5.74) is 13.3. The summed E-state index contributed by atoms with van der Waals surface area (Å²) in [6, 6.07) is 21.0. The van der Waals surface area contributed by atoms with Crippen LogP contribution in [0.2, 0.25) is 0 Å². The Kier molecular flexibility index (Phi) is 12.3. The van der Waals surface area contributed by atoms with E-state index in [1.807, 2.05) is 24.3 Å². The standard InChI is InChI=1S/2C12H13BrN2.C4H6O6/c2*13-11-3-1-9(2-4-11)10-5-6-12(15,7-10)8-14;5-1(3(7)8)2(6)4(9)10/h2*1-4,10H,5-7,15H2;1-2,5-6H,(H,7,8)(H,9,10)/t2*10-,12-;1-,2-/m111/s1. The lowest BCUT2D eigenvalue weighted by Gasteiger charge is -2.14. The number of carbonyl (C=O) groups is 2. The number of hydrogen-bond donors (Lipinski definition) is 6. The molecule has 2 saturated carbocycles. The van der Waals surface area contributed by atoms with E-state index in [9.17, 15) is 9.59 Å². The number of rotatable bonds is 5. The van der Waals surface area contributed by atoms with Crippen LogP contribution in [0.3, 0.4) is 0 Å². The molecule has 0 amide bonds. The molecule has 0 saturated heterocycles. The highest BCUT2D eigenvalue weighted by Crippen LogP contribution is 2.40. The Morgan fingerprint density at radius 1 is 0.750 bits per heavy atom. The van der Waals surface area contributed by atoms with Crippen LogP contribution in [0.15, 0.2) is 57.5 Å². The molecule has 6 atom stereocenters. The van der Waals surface area contributed by atoms with Gasteiger partial charge in [-0.3, -0.25) is 0 Å². The van der Waals surface area contributed by atoms with Crippen molar-refractivity contribution in [2.24, 2.45) is 11.5 Å². The highest BCUT2D eigenvalue weighted by molar-refractivity contribution is 9.10. The monoisotopic (exact) mass is 678 g/mol. The van der Waals surface area contributed by atoms with Gasteiger partial charge in [-0.05, 0) is 85.8 Å². The summed E-state index contributed by atoms with van der Waals surface area (Å²) in [6.45, 7) is 0. The first-order valence-electron chi connectivity index (χ1n) is 12.5. The molecule has 2 aromatic carbocycles. The van der Waals surface area contributed by atoms with Gasteiger partial charge in [-0.25, -0.2) is 9.59 Å². The Hall–Kier alpha value is -2.84. The maximum absolute atomic E-state index is 9.77. The fourth-order valence-electron chi connectivity index (χ4n) is 4.66. The Morgan fingerprint density at radius 2 is 1.05 bits per heavy atom. The predicted octanol–water partition coefficient (Wildman–Crippen LogP) is 3.75. The smallest absolute Gasteiger partial charge is 0.335 e. The number of aliphatic carboxylic acids is 2. The third kappa shape index (κ3) is 9.66. The first-order chi connectivity index (χ1) is 18.7. The summed E-state index contributed by atoms with van der Waals surface area (Å²) in [6.07, 6.45) is 0.692. The molecular weight excluding hydrogens is 648 g/mol. The summed E-state index contributed by atoms with van der Waals surface area (Å²) >= 11 is 6.83. The fourth-order valence-corrected chi connectivity index (χ4v) is 5.19. The van der Waals surface area contributed by atoms with Crippen molar-refractivity contribution in [2.45, 2.75) is 73.6 Å². The third-order valence-corrected chi connectivity index (χ3v) is 8.09. The van der Waals surface area contributed by atoms with Crippen molar-refractivity contribution >= 4 is 43.8 Å². The van der Waals surface area contributed by atoms with Gasteiger partial charge in [-0.1, -0.05) is 56.1 Å². The van der Waals surface area contributed by atoms with Crippen molar-refractivity contribution in [2.75, 3.05) is 0 Å². The number of carboxylic acid groups (broad SMARTS) is 2. The third-order valence-electron chi connectivity index (χ3n) is 7.03. The van der Waals surface area contributed by atoms with Crippen molar-refractivity contribution < 1.29 is 30.0 Å². The highest BCUT2D eigenvalue weighted by Gasteiger charge is 2.37. The topological polar surface area (TPSA) is 215 Å². The van der Waals surface area contributed by atoms with Gasteiger partial charge in [0.25, 0.3) is 0 Å². The highest BCUT2D eigenvalue weighted by atomic mass is 79.9. The van der Waals surface area contributed by atoms with E-state index in [4.69, 9.17) is 42.4 Å². The quantitative estimate of drug-likeness (QED) is 0.269. The molecule has 10 nitrogen and oxygen atoms in total. The predicted molar refractivity (Wildman–Crippen MR) is 154 cm³/mol. The minimum Gasteiger partial charge on any atom is -0.479 e. The number of hydrogen-bond acceptors (Lipinski definition) is 8. The molecule has 4 rings (SSSR count). The molecule has 0 aliphatic heterocycles. The normalized spacial score (nSPS) is 26.5. The summed E-state index contributed by atoms with van der Waals surface area (Å²) in [5, 5.41) is 50.4. The van der Waals surface area contributed by atoms with E-state index in [1.165, 1.54) is 11.1 Å². The average molecular weight is 680 g/mol. The zero-order chi connectivity index (χ0) is 30.1. The maximum atomic E-state index is 9.77. The number of aliphatic hydroxyl groups excluding tert-OH is 2. The van der Waals surface area contributed by atoms with E-state index in [2.05, 4.69) is 68.3 Å². The zero-order valence-corrected chi connectivity index (χ0v) is 24.8. The van der Waals surface area contributed by atoms with Crippen LogP contribution >= 0.6 is 31.9 Å². The minimum atomic E-state index is -2.27. The van der Waals surface area contributed by atoms with E-state index < -0.39 is 35.2 Å². The first kappa shape index (κ1) is 33.4. The van der Waals surface area contributed by atoms with E-state index in [0.29, 0.717) is 11.8 Å². The number of benzene rings is 2. The second kappa shape index (κ2) is 14.7. The number of aliphatic hydroxyl groups is 2. The molecule has 12 heteroatoms. The van der Waals surface area contributed by atoms with E-state index in [-0.39, 0.29) is 0 Å². The second-order valence-corrected chi connectivity index (χ2v) is 11.9. The molecule has 0 aromatic heterocycles. The number of nitrogens with zero attached hydrogens (tertiary/aromatic N) is 2. The Bertz CT molecular complexity index is 1150. The SMILES string of the molecule is N#C[C@@]1(N)CC[C@@H](c2ccc(Br)cc2)C1.N#C[C@@]1(N)CC[C@@H](c2ccc(Br)cc2)C1.O=C(O)[C@H](O)[C@@H](O)C(=O)O. The summed E-state index contributed by atoms with van der Waals surface area (Å²) in [7, 11) is 0. The van der Waals surface area contributed by atoms with Crippen LogP contribution in [0.5, 0.6) is 0 Å². The van der Waals surface area contributed by atoms with Crippen LogP contribution in [0.25, 0.3) is 0 Å². The number of nitrogens with two attached hydrogens (primary N) is 2. The number of carboxylic acids is 2. The zero-order valence-electron chi connectivity index (χ0n) is 21.6. The molecule has 0 spiro atoms. The molecule has 2 aromatic rings. The summed E-state index contributed by atoms with van der Waals surface area (Å²) in [4.78, 5) is 19.5. The molecule has 2 aliphatic rings. The van der Waals surface area contributed by atoms with Crippen molar-refractivity contribution in [3.63, 3.8) is 0 Å². The summed E-state index contributed by atoms with van der Waals surface area (Å²) < 4.78 is 2.17. The fraction of sp³-hybridized carbons (Fsp3) is 0.429. The summed E-state index contributed by atoms with van der Waals surface area (Å²) in [5.74, 6) is -2.64. The number of halogens is 2. The van der Waals surface area contributed by atoms with Gasteiger partial charge in [-0.15, -0.1) is 0 Å². The molecule has 0 heterocycles. The van der Waals surface area contributed by atoms with Crippen molar-refractivity contribution in [1.82, 2.24) is 0 Å². The van der Waals surface area contributed by atoms with Crippen LogP contribution in [0.1, 0.15) is 61.5 Å². The molecule has 214 valence electrons. The van der Waals surface area contributed by atoms with Crippen LogP contribution < -0.4 is 11.5 Å². The molecule has 2 aliphatic carbocycles. The molecule has 0 bridgehead atoms. The Labute approximate surface area is 249 Å². The first-order valence-corrected chi connectivity index (χ1v) is 14.0. The Balaban J connectivity index is 0.000000216. The molecule has 0 unspecified atom stereocenters. The van der Waals surface area contributed by atoms with Crippen molar-refractivity contribution in [3.05, 3.63) is 68.6 Å².